The van der Waals surface area contributed by atoms with Gasteiger partial charge in [0.15, 0.2) is 0 Å². The first-order valence-electron chi connectivity index (χ1n) is 11.4. The summed E-state index contributed by atoms with van der Waals surface area (Å²) in [7, 11) is 0. The van der Waals surface area contributed by atoms with Gasteiger partial charge in [-0.25, -0.2) is 0 Å². The van der Waals surface area contributed by atoms with Crippen LogP contribution in [0.25, 0.3) is 6.08 Å². The van der Waals surface area contributed by atoms with E-state index in [1.54, 1.807) is 39.0 Å². The maximum atomic E-state index is 13.9. The van der Waals surface area contributed by atoms with Gasteiger partial charge in [-0.05, 0) is 80.0 Å². The van der Waals surface area contributed by atoms with Crippen molar-refractivity contribution in [3.05, 3.63) is 75.4 Å². The highest BCUT2D eigenvalue weighted by Gasteiger charge is 2.51. The minimum absolute atomic E-state index is 0.156. The maximum Gasteiger partial charge on any atom is 0.399 e. The van der Waals surface area contributed by atoms with Gasteiger partial charge in [0.05, 0.1) is 5.92 Å². The Morgan fingerprint density at radius 3 is 2.14 bits per heavy atom. The lowest BCUT2D eigenvalue weighted by molar-refractivity contribution is -0.163. The number of allylic oxidation sites excluding steroid dienone is 1. The molecule has 0 spiro atoms. The predicted molar refractivity (Wildman–Crippen MR) is 126 cm³/mol. The van der Waals surface area contributed by atoms with E-state index in [9.17, 15) is 31.7 Å². The maximum absolute atomic E-state index is 13.9. The van der Waals surface area contributed by atoms with E-state index in [0.29, 0.717) is 24.0 Å². The molecule has 0 bridgehead atoms. The monoisotopic (exact) mass is 509 g/mol. The van der Waals surface area contributed by atoms with Gasteiger partial charge >= 0.3 is 6.18 Å². The summed E-state index contributed by atoms with van der Waals surface area (Å²) >= 11 is 0. The van der Waals surface area contributed by atoms with Gasteiger partial charge in [-0.1, -0.05) is 45.4 Å². The Bertz CT molecular complexity index is 1160. The Morgan fingerprint density at radius 2 is 1.64 bits per heavy atom. The molecule has 0 aromatic heterocycles. The number of benzene rings is 2. The third-order valence-electron chi connectivity index (χ3n) is 6.53. The fourth-order valence-electron chi connectivity index (χ4n) is 4.03. The van der Waals surface area contributed by atoms with E-state index in [1.807, 2.05) is 12.2 Å². The van der Waals surface area contributed by atoms with Gasteiger partial charge in [-0.15, -0.1) is 0 Å². The van der Waals surface area contributed by atoms with Gasteiger partial charge in [0.2, 0.25) is 5.91 Å². The van der Waals surface area contributed by atoms with Crippen LogP contribution < -0.4 is 10.6 Å². The largest absolute Gasteiger partial charge is 0.399 e. The van der Waals surface area contributed by atoms with Crippen LogP contribution in [0, 0.1) is 27.7 Å². The molecular weight excluding hydrogens is 481 g/mol. The van der Waals surface area contributed by atoms with Gasteiger partial charge in [-0.3, -0.25) is 9.59 Å². The van der Waals surface area contributed by atoms with Gasteiger partial charge in [0.1, 0.15) is 12.2 Å². The zero-order valence-corrected chi connectivity index (χ0v) is 20.4. The lowest BCUT2D eigenvalue weighted by Crippen LogP contribution is -2.50. The molecule has 0 aliphatic heterocycles. The van der Waals surface area contributed by atoms with E-state index in [-0.39, 0.29) is 11.1 Å². The summed E-state index contributed by atoms with van der Waals surface area (Å²) in [4.78, 5) is 24.9. The summed E-state index contributed by atoms with van der Waals surface area (Å²) in [6, 6.07) is 7.65. The quantitative estimate of drug-likeness (QED) is 0.273. The van der Waals surface area contributed by atoms with Crippen molar-refractivity contribution in [2.75, 3.05) is 6.67 Å². The molecule has 5 nitrogen and oxygen atoms in total. The normalized spacial score (nSPS) is 15.7. The number of alkyl halides is 3. The molecule has 1 atom stereocenters. The minimum atomic E-state index is -4.49. The fraction of sp³-hybridized carbons (Fsp3) is 0.385. The van der Waals surface area contributed by atoms with Crippen LogP contribution in [0.5, 0.6) is 0 Å². The molecule has 2 aromatic carbocycles. The molecule has 0 heterocycles. The van der Waals surface area contributed by atoms with Crippen molar-refractivity contribution in [1.82, 2.24) is 16.0 Å². The Balaban J connectivity index is 1.77. The molecule has 1 aliphatic rings. The van der Waals surface area contributed by atoms with Crippen molar-refractivity contribution in [2.24, 2.45) is 0 Å². The first-order chi connectivity index (χ1) is 16.7. The molecule has 1 aliphatic carbocycles. The smallest absolute Gasteiger partial charge is 0.338 e. The second kappa shape index (κ2) is 10.4. The molecule has 1 unspecified atom stereocenters. The molecule has 1 saturated carbocycles. The molecule has 194 valence electrons. The summed E-state index contributed by atoms with van der Waals surface area (Å²) in [5.41, 5.74) is 2.65. The number of hydrogen-bond acceptors (Lipinski definition) is 3. The third-order valence-corrected chi connectivity index (χ3v) is 6.53. The number of carbonyl (C=O) groups excluding carboxylic acids is 2. The van der Waals surface area contributed by atoms with Crippen LogP contribution in [-0.4, -0.2) is 35.5 Å². The number of amides is 2. The van der Waals surface area contributed by atoms with Crippen molar-refractivity contribution in [2.45, 2.75) is 58.2 Å². The highest BCUT2D eigenvalue weighted by atomic mass is 19.4. The second-order valence-corrected chi connectivity index (χ2v) is 9.24. The van der Waals surface area contributed by atoms with Gasteiger partial charge in [0.25, 0.3) is 5.91 Å². The van der Waals surface area contributed by atoms with Crippen molar-refractivity contribution >= 4 is 17.9 Å². The molecule has 3 rings (SSSR count). The first-order valence-corrected chi connectivity index (χ1v) is 11.4. The second-order valence-electron chi connectivity index (χ2n) is 9.24. The summed E-state index contributed by atoms with van der Waals surface area (Å²) in [5.74, 6) is -3.06. The first kappa shape index (κ1) is 27.3. The summed E-state index contributed by atoms with van der Waals surface area (Å²) in [5, 5.41) is 3.46. The lowest BCUT2D eigenvalue weighted by atomic mass is 9.91. The number of nitrogens with one attached hydrogen (secondary N) is 2. The minimum Gasteiger partial charge on any atom is -0.338 e. The molecule has 2 N–H and O–H groups in total. The number of carbonyl (C=O) groups is 2. The SMILES string of the molecule is Cc1cc(/C=C/C(c2cc(C)c(C)c(C)c2)C(F)(F)F)ccc1C(=O)NC1(C(=O)NCN(F)F)CC1. The van der Waals surface area contributed by atoms with Crippen molar-refractivity contribution < 1.29 is 31.7 Å². The zero-order chi connectivity index (χ0) is 26.8. The molecular formula is C26H28F5N3O2. The van der Waals surface area contributed by atoms with Crippen LogP contribution >= 0.6 is 0 Å². The van der Waals surface area contributed by atoms with Crippen LogP contribution in [0.3, 0.4) is 0 Å². The van der Waals surface area contributed by atoms with Crippen molar-refractivity contribution in [3.8, 4) is 0 Å². The molecule has 0 radical (unpaired) electrons. The highest BCUT2D eigenvalue weighted by Crippen LogP contribution is 2.38. The summed E-state index contributed by atoms with van der Waals surface area (Å²) < 4.78 is 66.0. The molecule has 1 fully saturated rings. The van der Waals surface area contributed by atoms with E-state index in [4.69, 9.17) is 0 Å². The molecule has 2 aromatic rings. The Hall–Kier alpha value is -3.27. The van der Waals surface area contributed by atoms with Crippen LogP contribution in [0.15, 0.2) is 36.4 Å². The molecule has 36 heavy (non-hydrogen) atoms. The number of hydrogen-bond donors (Lipinski definition) is 2. The summed E-state index contributed by atoms with van der Waals surface area (Å²) in [6.45, 7) is 6.10. The van der Waals surface area contributed by atoms with Crippen molar-refractivity contribution in [3.63, 3.8) is 0 Å². The fourth-order valence-corrected chi connectivity index (χ4v) is 4.03. The van der Waals surface area contributed by atoms with E-state index in [2.05, 4.69) is 5.32 Å². The number of rotatable bonds is 8. The third kappa shape index (κ3) is 6.29. The van der Waals surface area contributed by atoms with E-state index in [1.165, 1.54) is 18.2 Å². The number of aryl methyl sites for hydroxylation is 3. The van der Waals surface area contributed by atoms with Gasteiger partial charge < -0.3 is 10.6 Å². The van der Waals surface area contributed by atoms with Gasteiger partial charge in [-0.2, -0.15) is 13.2 Å². The molecule has 2 amide bonds. The predicted octanol–water partition coefficient (Wildman–Crippen LogP) is 5.69. The van der Waals surface area contributed by atoms with Crippen LogP contribution in [-0.2, 0) is 4.79 Å². The van der Waals surface area contributed by atoms with E-state index >= 15 is 0 Å². The Kier molecular flexibility index (Phi) is 7.88. The van der Waals surface area contributed by atoms with Crippen molar-refractivity contribution in [1.29, 1.82) is 0 Å². The number of nitrogens with zero attached hydrogens (tertiary/aromatic N) is 1. The van der Waals surface area contributed by atoms with Crippen LogP contribution in [0.1, 0.15) is 62.5 Å². The van der Waals surface area contributed by atoms with E-state index in [0.717, 1.165) is 22.8 Å². The highest BCUT2D eigenvalue weighted by molar-refractivity contribution is 6.01. The van der Waals surface area contributed by atoms with Crippen LogP contribution in [0.2, 0.25) is 0 Å². The molecule has 10 heteroatoms. The standard InChI is InChI=1S/C26H28F5N3O2/c1-15-12-20(13-16(2)18(15)4)22(26(27,28)29)8-6-19-5-7-21(17(3)11-19)23(35)33-25(9-10-25)24(36)32-14-34(30)31/h5-8,11-13,22H,9-10,14H2,1-4H3,(H,32,36)(H,33,35)/b8-6+. The van der Waals surface area contributed by atoms with Crippen LogP contribution in [0.4, 0.5) is 22.1 Å². The molecule has 0 saturated heterocycles. The Labute approximate surface area is 206 Å². The lowest BCUT2D eigenvalue weighted by Gasteiger charge is -2.20. The van der Waals surface area contributed by atoms with E-state index < -0.39 is 41.5 Å². The Morgan fingerprint density at radius 1 is 1.03 bits per heavy atom. The number of halogens is 5. The van der Waals surface area contributed by atoms with Gasteiger partial charge in [0, 0.05) is 10.9 Å². The average molecular weight is 510 g/mol. The zero-order valence-electron chi connectivity index (χ0n) is 20.4. The topological polar surface area (TPSA) is 61.4 Å². The average Bonchev–Trinajstić information content (AvgIpc) is 3.55. The summed E-state index contributed by atoms with van der Waals surface area (Å²) in [6.07, 6.45) is -1.38.